The molecule has 0 aliphatic carbocycles. The van der Waals surface area contributed by atoms with E-state index in [0.717, 1.165) is 12.4 Å². The van der Waals surface area contributed by atoms with Crippen LogP contribution in [0.4, 0.5) is 0 Å². The molecule has 0 atom stereocenters. The van der Waals surface area contributed by atoms with Gasteiger partial charge in [-0.25, -0.2) is 4.98 Å². The van der Waals surface area contributed by atoms with Crippen LogP contribution in [0.2, 0.25) is 0 Å². The first-order valence-corrected chi connectivity index (χ1v) is 5.73. The van der Waals surface area contributed by atoms with E-state index in [1.54, 1.807) is 11.0 Å². The van der Waals surface area contributed by atoms with E-state index in [-0.39, 0.29) is 0 Å². The number of hydrogen-bond donors (Lipinski definition) is 1. The van der Waals surface area contributed by atoms with Crippen molar-refractivity contribution in [3.63, 3.8) is 0 Å². The normalized spacial score (nSPS) is 11.3. The molecule has 0 fully saturated rings. The summed E-state index contributed by atoms with van der Waals surface area (Å²) in [5.41, 5.74) is 1.18. The van der Waals surface area contributed by atoms with Crippen molar-refractivity contribution in [2.75, 3.05) is 0 Å². The Morgan fingerprint density at radius 2 is 2.18 bits per heavy atom. The number of nitrogens with zero attached hydrogens (tertiary/aromatic N) is 5. The molecule has 6 heteroatoms. The molecule has 0 saturated heterocycles. The van der Waals surface area contributed by atoms with E-state index in [2.05, 4.69) is 40.5 Å². The second kappa shape index (κ2) is 5.09. The lowest BCUT2D eigenvalue weighted by Gasteiger charge is -2.03. The van der Waals surface area contributed by atoms with E-state index in [1.807, 2.05) is 17.9 Å². The molecular weight excluding hydrogens is 216 g/mol. The monoisotopic (exact) mass is 234 g/mol. The summed E-state index contributed by atoms with van der Waals surface area (Å²) in [5.74, 6) is 0.809. The zero-order chi connectivity index (χ0) is 12.3. The molecular formula is C11H18N6. The number of aromatic nitrogens is 5. The largest absolute Gasteiger partial charge is 0.306 e. The lowest BCUT2D eigenvalue weighted by molar-refractivity contribution is 0.531. The summed E-state index contributed by atoms with van der Waals surface area (Å²) in [5, 5.41) is 11.8. The molecule has 6 nitrogen and oxygen atoms in total. The van der Waals surface area contributed by atoms with E-state index in [4.69, 9.17) is 0 Å². The molecule has 2 aromatic heterocycles. The van der Waals surface area contributed by atoms with Crippen LogP contribution in [0.3, 0.4) is 0 Å². The topological polar surface area (TPSA) is 60.6 Å². The van der Waals surface area contributed by atoms with E-state index >= 15 is 0 Å². The predicted molar refractivity (Wildman–Crippen MR) is 64.2 cm³/mol. The molecule has 92 valence electrons. The first-order valence-electron chi connectivity index (χ1n) is 5.73. The first-order chi connectivity index (χ1) is 8.15. The Morgan fingerprint density at radius 1 is 1.35 bits per heavy atom. The maximum Gasteiger partial charge on any atom is 0.164 e. The third-order valence-electron chi connectivity index (χ3n) is 2.44. The predicted octanol–water partition coefficient (Wildman–Crippen LogP) is 0.882. The maximum atomic E-state index is 4.29. The Bertz CT molecular complexity index is 470. The van der Waals surface area contributed by atoms with E-state index < -0.39 is 0 Å². The van der Waals surface area contributed by atoms with Gasteiger partial charge in [-0.05, 0) is 13.8 Å². The Hall–Kier alpha value is -1.69. The van der Waals surface area contributed by atoms with Crippen LogP contribution in [0.5, 0.6) is 0 Å². The summed E-state index contributed by atoms with van der Waals surface area (Å²) in [6.07, 6.45) is 5.65. The van der Waals surface area contributed by atoms with Gasteiger partial charge in [0.25, 0.3) is 0 Å². The highest BCUT2D eigenvalue weighted by atomic mass is 15.3. The van der Waals surface area contributed by atoms with Crippen LogP contribution < -0.4 is 5.32 Å². The standard InChI is InChI=1S/C11H18N6/c1-9(2)17-7-10(5-14-17)4-12-6-11-13-8-16(3)15-11/h5,7-9,12H,4,6H2,1-3H3. The van der Waals surface area contributed by atoms with E-state index in [0.29, 0.717) is 12.6 Å². The maximum absolute atomic E-state index is 4.29. The lowest BCUT2D eigenvalue weighted by atomic mass is 10.3. The fourth-order valence-corrected chi connectivity index (χ4v) is 1.53. The zero-order valence-electron chi connectivity index (χ0n) is 10.5. The van der Waals surface area contributed by atoms with Gasteiger partial charge in [-0.3, -0.25) is 9.36 Å². The fourth-order valence-electron chi connectivity index (χ4n) is 1.53. The van der Waals surface area contributed by atoms with Gasteiger partial charge in [-0.1, -0.05) is 0 Å². The number of nitrogens with one attached hydrogen (secondary N) is 1. The highest BCUT2D eigenvalue weighted by Gasteiger charge is 2.02. The smallest absolute Gasteiger partial charge is 0.164 e. The van der Waals surface area contributed by atoms with Gasteiger partial charge in [0.05, 0.1) is 12.7 Å². The van der Waals surface area contributed by atoms with E-state index in [9.17, 15) is 0 Å². The number of aryl methyl sites for hydroxylation is 1. The van der Waals surface area contributed by atoms with Crippen LogP contribution >= 0.6 is 0 Å². The highest BCUT2D eigenvalue weighted by molar-refractivity contribution is 5.03. The van der Waals surface area contributed by atoms with Crippen molar-refractivity contribution < 1.29 is 0 Å². The van der Waals surface area contributed by atoms with Crippen molar-refractivity contribution in [1.82, 2.24) is 29.9 Å². The minimum Gasteiger partial charge on any atom is -0.306 e. The molecule has 0 spiro atoms. The van der Waals surface area contributed by atoms with Crippen molar-refractivity contribution in [3.05, 3.63) is 30.1 Å². The van der Waals surface area contributed by atoms with Gasteiger partial charge in [0.15, 0.2) is 5.82 Å². The molecule has 2 aromatic rings. The van der Waals surface area contributed by atoms with Crippen molar-refractivity contribution >= 4 is 0 Å². The van der Waals surface area contributed by atoms with Crippen molar-refractivity contribution in [3.8, 4) is 0 Å². The van der Waals surface area contributed by atoms with Gasteiger partial charge in [0.1, 0.15) is 6.33 Å². The molecule has 0 aliphatic heterocycles. The second-order valence-electron chi connectivity index (χ2n) is 4.36. The van der Waals surface area contributed by atoms with Gasteiger partial charge < -0.3 is 5.32 Å². The quantitative estimate of drug-likeness (QED) is 0.834. The SMILES string of the molecule is CC(C)n1cc(CNCc2ncn(C)n2)cn1. The molecule has 1 N–H and O–H groups in total. The lowest BCUT2D eigenvalue weighted by Crippen LogP contribution is -2.13. The first kappa shape index (κ1) is 11.8. The van der Waals surface area contributed by atoms with Gasteiger partial charge in [-0.2, -0.15) is 10.2 Å². The Labute approximate surface area is 101 Å². The molecule has 0 saturated carbocycles. The highest BCUT2D eigenvalue weighted by Crippen LogP contribution is 2.04. The Balaban J connectivity index is 1.81. The molecule has 0 amide bonds. The van der Waals surface area contributed by atoms with Crippen molar-refractivity contribution in [2.45, 2.75) is 33.0 Å². The number of rotatable bonds is 5. The van der Waals surface area contributed by atoms with Crippen molar-refractivity contribution in [1.29, 1.82) is 0 Å². The second-order valence-corrected chi connectivity index (χ2v) is 4.36. The summed E-state index contributed by atoms with van der Waals surface area (Å²) < 4.78 is 3.66. The molecule has 2 heterocycles. The van der Waals surface area contributed by atoms with Crippen LogP contribution in [0, 0.1) is 0 Å². The average molecular weight is 234 g/mol. The summed E-state index contributed by atoms with van der Waals surface area (Å²) in [4.78, 5) is 4.15. The minimum atomic E-state index is 0.404. The Morgan fingerprint density at radius 3 is 2.76 bits per heavy atom. The summed E-state index contributed by atoms with van der Waals surface area (Å²) in [6, 6.07) is 0.404. The van der Waals surface area contributed by atoms with Crippen LogP contribution in [-0.2, 0) is 20.1 Å². The third-order valence-corrected chi connectivity index (χ3v) is 2.44. The van der Waals surface area contributed by atoms with Crippen LogP contribution in [0.15, 0.2) is 18.7 Å². The molecule has 2 rings (SSSR count). The van der Waals surface area contributed by atoms with Crippen LogP contribution in [0.25, 0.3) is 0 Å². The summed E-state index contributed by atoms with van der Waals surface area (Å²) in [6.45, 7) is 5.68. The molecule has 0 aromatic carbocycles. The van der Waals surface area contributed by atoms with Crippen LogP contribution in [0.1, 0.15) is 31.3 Å². The summed E-state index contributed by atoms with van der Waals surface area (Å²) in [7, 11) is 1.86. The fraction of sp³-hybridized carbons (Fsp3) is 0.545. The van der Waals surface area contributed by atoms with Gasteiger partial charge >= 0.3 is 0 Å². The molecule has 0 aliphatic rings. The van der Waals surface area contributed by atoms with E-state index in [1.165, 1.54) is 5.56 Å². The van der Waals surface area contributed by atoms with Gasteiger partial charge in [0.2, 0.25) is 0 Å². The van der Waals surface area contributed by atoms with Crippen molar-refractivity contribution in [2.24, 2.45) is 7.05 Å². The summed E-state index contributed by atoms with van der Waals surface area (Å²) >= 11 is 0. The molecule has 0 radical (unpaired) electrons. The van der Waals surface area contributed by atoms with Crippen LogP contribution in [-0.4, -0.2) is 24.5 Å². The average Bonchev–Trinajstić information content (AvgIpc) is 2.88. The van der Waals surface area contributed by atoms with Gasteiger partial charge in [0, 0.05) is 31.4 Å². The molecule has 0 unspecified atom stereocenters. The third kappa shape index (κ3) is 3.13. The Kier molecular flexibility index (Phi) is 3.53. The zero-order valence-corrected chi connectivity index (χ0v) is 10.5. The minimum absolute atomic E-state index is 0.404. The molecule has 17 heavy (non-hydrogen) atoms. The van der Waals surface area contributed by atoms with Gasteiger partial charge in [-0.15, -0.1) is 0 Å². The number of hydrogen-bond acceptors (Lipinski definition) is 4. The molecule has 0 bridgehead atoms.